The minimum absolute atomic E-state index is 0.301. The molecule has 0 spiro atoms. The molecule has 2 unspecified atom stereocenters. The molecule has 0 aliphatic carbocycles. The highest BCUT2D eigenvalue weighted by atomic mass is 32.2. The number of nitrogens with zero attached hydrogens (tertiary/aromatic N) is 2. The first-order valence-corrected chi connectivity index (χ1v) is 6.84. The van der Waals surface area contributed by atoms with E-state index in [4.69, 9.17) is 0 Å². The summed E-state index contributed by atoms with van der Waals surface area (Å²) >= 11 is 3.77. The number of rotatable bonds is 2. The predicted octanol–water partition coefficient (Wildman–Crippen LogP) is 1.30. The van der Waals surface area contributed by atoms with Crippen LogP contribution in [0.2, 0.25) is 0 Å². The molecular weight excluding hydrogens is 216 g/mol. The van der Waals surface area contributed by atoms with Gasteiger partial charge in [0.05, 0.1) is 0 Å². The standard InChI is InChI=1S/C9H14N2OS2/c1-11-3-2-10-9(11)8(12)7-6-13-4-5-14-7/h2-3,7-8,12H,4-6H2,1H3. The van der Waals surface area contributed by atoms with Crippen molar-refractivity contribution in [3.8, 4) is 0 Å². The normalized spacial score (nSPS) is 24.9. The number of hydrogen-bond donors (Lipinski definition) is 1. The van der Waals surface area contributed by atoms with Gasteiger partial charge in [0.15, 0.2) is 0 Å². The van der Waals surface area contributed by atoms with Crippen LogP contribution in [0.1, 0.15) is 11.9 Å². The lowest BCUT2D eigenvalue weighted by Gasteiger charge is -2.25. The second-order valence-electron chi connectivity index (χ2n) is 3.33. The maximum Gasteiger partial charge on any atom is 0.138 e. The summed E-state index contributed by atoms with van der Waals surface area (Å²) in [5.41, 5.74) is 0. The van der Waals surface area contributed by atoms with Crippen LogP contribution in [0.3, 0.4) is 0 Å². The van der Waals surface area contributed by atoms with E-state index in [2.05, 4.69) is 4.98 Å². The highest BCUT2D eigenvalue weighted by molar-refractivity contribution is 8.06. The minimum Gasteiger partial charge on any atom is -0.384 e. The molecule has 5 heteroatoms. The van der Waals surface area contributed by atoms with Gasteiger partial charge in [-0.3, -0.25) is 0 Å². The quantitative estimate of drug-likeness (QED) is 0.831. The summed E-state index contributed by atoms with van der Waals surface area (Å²) in [6.07, 6.45) is 3.19. The number of aromatic nitrogens is 2. The summed E-state index contributed by atoms with van der Waals surface area (Å²) in [5, 5.41) is 10.4. The highest BCUT2D eigenvalue weighted by Gasteiger charge is 2.26. The highest BCUT2D eigenvalue weighted by Crippen LogP contribution is 2.32. The van der Waals surface area contributed by atoms with Gasteiger partial charge in [-0.2, -0.15) is 23.5 Å². The van der Waals surface area contributed by atoms with E-state index < -0.39 is 6.10 Å². The number of aliphatic hydroxyl groups is 1. The zero-order valence-corrected chi connectivity index (χ0v) is 9.72. The molecule has 1 aromatic rings. The molecule has 14 heavy (non-hydrogen) atoms. The molecule has 0 bridgehead atoms. The molecule has 0 aromatic carbocycles. The monoisotopic (exact) mass is 230 g/mol. The van der Waals surface area contributed by atoms with E-state index in [9.17, 15) is 5.11 Å². The Labute approximate surface area is 92.3 Å². The predicted molar refractivity (Wildman–Crippen MR) is 61.7 cm³/mol. The van der Waals surface area contributed by atoms with E-state index >= 15 is 0 Å². The fourth-order valence-corrected chi connectivity index (χ4v) is 4.23. The lowest BCUT2D eigenvalue weighted by atomic mass is 10.2. The van der Waals surface area contributed by atoms with Gasteiger partial charge in [0.2, 0.25) is 0 Å². The van der Waals surface area contributed by atoms with Crippen LogP contribution < -0.4 is 0 Å². The Bertz CT molecular complexity index is 297. The fraction of sp³-hybridized carbons (Fsp3) is 0.667. The Hall–Kier alpha value is -0.130. The summed E-state index contributed by atoms with van der Waals surface area (Å²) in [6.45, 7) is 0. The van der Waals surface area contributed by atoms with Gasteiger partial charge in [-0.1, -0.05) is 0 Å². The van der Waals surface area contributed by atoms with Gasteiger partial charge in [-0.25, -0.2) is 4.98 Å². The van der Waals surface area contributed by atoms with Crippen LogP contribution in [-0.2, 0) is 7.05 Å². The first-order chi connectivity index (χ1) is 6.79. The number of aliphatic hydroxyl groups excluding tert-OH is 1. The third-order valence-electron chi connectivity index (χ3n) is 2.32. The maximum absolute atomic E-state index is 10.1. The van der Waals surface area contributed by atoms with Crippen LogP contribution >= 0.6 is 23.5 Å². The second-order valence-corrected chi connectivity index (χ2v) is 5.82. The van der Waals surface area contributed by atoms with E-state index in [1.54, 1.807) is 6.20 Å². The Kier molecular flexibility index (Phi) is 3.41. The van der Waals surface area contributed by atoms with Crippen molar-refractivity contribution in [1.29, 1.82) is 0 Å². The van der Waals surface area contributed by atoms with Crippen LogP contribution in [0.4, 0.5) is 0 Å². The molecule has 0 amide bonds. The van der Waals surface area contributed by atoms with E-state index in [1.165, 1.54) is 5.75 Å². The summed E-state index contributed by atoms with van der Waals surface area (Å²) < 4.78 is 1.89. The fourth-order valence-electron chi connectivity index (χ4n) is 1.52. The molecular formula is C9H14N2OS2. The van der Waals surface area contributed by atoms with Crippen LogP contribution in [0.15, 0.2) is 12.4 Å². The molecule has 1 aliphatic heterocycles. The summed E-state index contributed by atoms with van der Waals surface area (Å²) in [6, 6.07) is 0. The third kappa shape index (κ3) is 2.10. The molecule has 2 atom stereocenters. The van der Waals surface area contributed by atoms with Gasteiger partial charge in [-0.05, 0) is 0 Å². The molecule has 1 fully saturated rings. The van der Waals surface area contributed by atoms with E-state index in [1.807, 2.05) is 41.3 Å². The van der Waals surface area contributed by atoms with Gasteiger partial charge in [0, 0.05) is 41.9 Å². The third-order valence-corrected chi connectivity index (χ3v) is 5.17. The summed E-state index contributed by atoms with van der Waals surface area (Å²) in [5.74, 6) is 4.15. The Morgan fingerprint density at radius 1 is 1.64 bits per heavy atom. The van der Waals surface area contributed by atoms with Gasteiger partial charge < -0.3 is 9.67 Å². The number of thioether (sulfide) groups is 2. The van der Waals surface area contributed by atoms with Crippen LogP contribution in [-0.4, -0.2) is 37.2 Å². The van der Waals surface area contributed by atoms with Gasteiger partial charge in [0.25, 0.3) is 0 Å². The van der Waals surface area contributed by atoms with Crippen molar-refractivity contribution in [3.05, 3.63) is 18.2 Å². The lowest BCUT2D eigenvalue weighted by molar-refractivity contribution is 0.167. The van der Waals surface area contributed by atoms with Crippen molar-refractivity contribution in [3.63, 3.8) is 0 Å². The van der Waals surface area contributed by atoms with Crippen LogP contribution in [0, 0.1) is 0 Å². The van der Waals surface area contributed by atoms with Crippen molar-refractivity contribution >= 4 is 23.5 Å². The molecule has 3 nitrogen and oxygen atoms in total. The number of hydrogen-bond acceptors (Lipinski definition) is 4. The average molecular weight is 230 g/mol. The molecule has 2 heterocycles. The Morgan fingerprint density at radius 2 is 2.50 bits per heavy atom. The number of imidazole rings is 1. The molecule has 1 N–H and O–H groups in total. The molecule has 1 saturated heterocycles. The second kappa shape index (κ2) is 4.59. The zero-order chi connectivity index (χ0) is 9.97. The summed E-state index contributed by atoms with van der Waals surface area (Å²) in [4.78, 5) is 4.18. The molecule has 0 saturated carbocycles. The zero-order valence-electron chi connectivity index (χ0n) is 8.09. The van der Waals surface area contributed by atoms with Crippen molar-refractivity contribution in [2.24, 2.45) is 7.05 Å². The smallest absolute Gasteiger partial charge is 0.138 e. The molecule has 0 radical (unpaired) electrons. The van der Waals surface area contributed by atoms with E-state index in [-0.39, 0.29) is 0 Å². The minimum atomic E-state index is -0.423. The van der Waals surface area contributed by atoms with Gasteiger partial charge >= 0.3 is 0 Å². The Balaban J connectivity index is 2.07. The van der Waals surface area contributed by atoms with Crippen molar-refractivity contribution in [2.75, 3.05) is 17.3 Å². The maximum atomic E-state index is 10.1. The van der Waals surface area contributed by atoms with Gasteiger partial charge in [-0.15, -0.1) is 0 Å². The molecule has 1 aliphatic rings. The Morgan fingerprint density at radius 3 is 3.07 bits per heavy atom. The van der Waals surface area contributed by atoms with Crippen molar-refractivity contribution in [2.45, 2.75) is 11.4 Å². The number of aryl methyl sites for hydroxylation is 1. The average Bonchev–Trinajstić information content (AvgIpc) is 2.65. The SMILES string of the molecule is Cn1ccnc1C(O)C1CSCCS1. The molecule has 2 rings (SSSR count). The summed E-state index contributed by atoms with van der Waals surface area (Å²) in [7, 11) is 1.92. The first-order valence-electron chi connectivity index (χ1n) is 4.63. The van der Waals surface area contributed by atoms with Crippen LogP contribution in [0.5, 0.6) is 0 Å². The molecule has 78 valence electrons. The first kappa shape index (κ1) is 10.4. The topological polar surface area (TPSA) is 38.0 Å². The largest absolute Gasteiger partial charge is 0.384 e. The van der Waals surface area contributed by atoms with Gasteiger partial charge in [0.1, 0.15) is 11.9 Å². The van der Waals surface area contributed by atoms with E-state index in [0.717, 1.165) is 17.3 Å². The lowest BCUT2D eigenvalue weighted by Crippen LogP contribution is -2.24. The van der Waals surface area contributed by atoms with Crippen molar-refractivity contribution in [1.82, 2.24) is 9.55 Å². The van der Waals surface area contributed by atoms with Crippen molar-refractivity contribution < 1.29 is 5.11 Å². The van der Waals surface area contributed by atoms with E-state index in [0.29, 0.717) is 5.25 Å². The van der Waals surface area contributed by atoms with Crippen LogP contribution in [0.25, 0.3) is 0 Å². The molecule has 1 aromatic heterocycles.